The first-order valence-electron chi connectivity index (χ1n) is 13.6. The molecule has 8 heteroatoms. The highest BCUT2D eigenvalue weighted by Gasteiger charge is 2.54. The van der Waals surface area contributed by atoms with Crippen molar-refractivity contribution in [2.75, 3.05) is 32.7 Å². The van der Waals surface area contributed by atoms with E-state index in [0.29, 0.717) is 24.8 Å². The standard InChI is InChI=1S/C28H37N5O3/c1-18-3-5-23(6-4-18)25-30-26(36-31-25)19(2)32-7-9-33(10-8-32)24(34)17-29-27(35)28-14-20-11-21(15-28)13-22(12-20)16-28/h3-6,19-22H,7-17H2,1-2H3,(H,29,35). The maximum absolute atomic E-state index is 13.2. The minimum atomic E-state index is -0.204. The van der Waals surface area contributed by atoms with Crippen LogP contribution >= 0.6 is 0 Å². The van der Waals surface area contributed by atoms with Crippen molar-refractivity contribution in [3.8, 4) is 11.4 Å². The lowest BCUT2D eigenvalue weighted by atomic mass is 9.49. The van der Waals surface area contributed by atoms with E-state index in [1.807, 2.05) is 29.2 Å². The summed E-state index contributed by atoms with van der Waals surface area (Å²) >= 11 is 0. The summed E-state index contributed by atoms with van der Waals surface area (Å²) in [4.78, 5) is 34.9. The van der Waals surface area contributed by atoms with Gasteiger partial charge in [0, 0.05) is 37.2 Å². The molecule has 4 bridgehead atoms. The lowest BCUT2D eigenvalue weighted by Gasteiger charge is -2.55. The van der Waals surface area contributed by atoms with Gasteiger partial charge in [-0.1, -0.05) is 35.0 Å². The van der Waals surface area contributed by atoms with Crippen LogP contribution in [0.25, 0.3) is 11.4 Å². The Morgan fingerprint density at radius 1 is 1.03 bits per heavy atom. The van der Waals surface area contributed by atoms with Gasteiger partial charge in [-0.05, 0) is 70.1 Å². The average molecular weight is 492 g/mol. The molecule has 0 spiro atoms. The summed E-state index contributed by atoms with van der Waals surface area (Å²) in [5.41, 5.74) is 1.93. The molecule has 1 saturated heterocycles. The summed E-state index contributed by atoms with van der Waals surface area (Å²) in [7, 11) is 0. The maximum Gasteiger partial charge on any atom is 0.244 e. The number of amides is 2. The first-order valence-corrected chi connectivity index (χ1v) is 13.6. The van der Waals surface area contributed by atoms with Gasteiger partial charge in [0.25, 0.3) is 0 Å². The van der Waals surface area contributed by atoms with Crippen LogP contribution in [-0.4, -0.2) is 64.5 Å². The number of aryl methyl sites for hydroxylation is 1. The minimum absolute atomic E-state index is 0.0137. The monoisotopic (exact) mass is 491 g/mol. The van der Waals surface area contributed by atoms with Crippen molar-refractivity contribution in [1.82, 2.24) is 25.3 Å². The van der Waals surface area contributed by atoms with Gasteiger partial charge in [-0.2, -0.15) is 4.98 Å². The predicted molar refractivity (Wildman–Crippen MR) is 135 cm³/mol. The van der Waals surface area contributed by atoms with Crippen molar-refractivity contribution in [3.05, 3.63) is 35.7 Å². The van der Waals surface area contributed by atoms with Crippen molar-refractivity contribution < 1.29 is 14.1 Å². The Labute approximate surface area is 212 Å². The zero-order valence-electron chi connectivity index (χ0n) is 21.4. The van der Waals surface area contributed by atoms with Crippen molar-refractivity contribution in [1.29, 1.82) is 0 Å². The molecule has 1 aromatic carbocycles. The van der Waals surface area contributed by atoms with Gasteiger partial charge in [0.1, 0.15) is 0 Å². The van der Waals surface area contributed by atoms with E-state index >= 15 is 0 Å². The van der Waals surface area contributed by atoms with Crippen LogP contribution in [0, 0.1) is 30.1 Å². The van der Waals surface area contributed by atoms with Crippen LogP contribution in [0.4, 0.5) is 0 Å². The van der Waals surface area contributed by atoms with Gasteiger partial charge >= 0.3 is 0 Å². The zero-order chi connectivity index (χ0) is 24.9. The Hall–Kier alpha value is -2.74. The van der Waals surface area contributed by atoms with Crippen LogP contribution in [0.5, 0.6) is 0 Å². The number of piperazine rings is 1. The van der Waals surface area contributed by atoms with E-state index in [1.54, 1.807) is 0 Å². The largest absolute Gasteiger partial charge is 0.347 e. The van der Waals surface area contributed by atoms with Gasteiger partial charge in [0.2, 0.25) is 23.5 Å². The molecule has 1 N–H and O–H groups in total. The lowest BCUT2D eigenvalue weighted by molar-refractivity contribution is -0.148. The van der Waals surface area contributed by atoms with Gasteiger partial charge < -0.3 is 14.7 Å². The molecule has 7 rings (SSSR count). The maximum atomic E-state index is 13.2. The summed E-state index contributed by atoms with van der Waals surface area (Å²) in [6, 6.07) is 8.06. The fraction of sp³-hybridized carbons (Fsp3) is 0.643. The smallest absolute Gasteiger partial charge is 0.244 e. The number of rotatable bonds is 6. The van der Waals surface area contributed by atoms with Crippen molar-refractivity contribution in [2.24, 2.45) is 23.2 Å². The molecule has 192 valence electrons. The number of carbonyl (C=O) groups excluding carboxylic acids is 2. The van der Waals surface area contributed by atoms with E-state index < -0.39 is 0 Å². The third-order valence-electron chi connectivity index (χ3n) is 9.24. The number of hydrogen-bond acceptors (Lipinski definition) is 6. The molecule has 0 radical (unpaired) electrons. The first kappa shape index (κ1) is 23.6. The van der Waals surface area contributed by atoms with Crippen LogP contribution < -0.4 is 5.32 Å². The molecule has 1 aliphatic heterocycles. The van der Waals surface area contributed by atoms with Crippen molar-refractivity contribution >= 4 is 11.8 Å². The van der Waals surface area contributed by atoms with Crippen LogP contribution in [0.15, 0.2) is 28.8 Å². The molecule has 4 aliphatic carbocycles. The molecule has 5 fully saturated rings. The average Bonchev–Trinajstić information content (AvgIpc) is 3.37. The SMILES string of the molecule is Cc1ccc(-c2noc(C(C)N3CCN(C(=O)CNC(=O)C45CC6CC(CC(C6)C4)C5)CC3)n2)cc1. The molecule has 8 nitrogen and oxygen atoms in total. The van der Waals surface area contributed by atoms with Gasteiger partial charge in [-0.15, -0.1) is 0 Å². The number of nitrogens with zero attached hydrogens (tertiary/aromatic N) is 4. The highest BCUT2D eigenvalue weighted by atomic mass is 16.5. The summed E-state index contributed by atoms with van der Waals surface area (Å²) in [5, 5.41) is 7.21. The fourth-order valence-corrected chi connectivity index (χ4v) is 7.58. The second-order valence-electron chi connectivity index (χ2n) is 11.8. The van der Waals surface area contributed by atoms with Crippen molar-refractivity contribution in [2.45, 2.75) is 58.4 Å². The second kappa shape index (κ2) is 9.29. The highest BCUT2D eigenvalue weighted by Crippen LogP contribution is 2.60. The Morgan fingerprint density at radius 2 is 1.64 bits per heavy atom. The summed E-state index contributed by atoms with van der Waals surface area (Å²) < 4.78 is 5.57. The number of benzene rings is 1. The van der Waals surface area contributed by atoms with E-state index in [0.717, 1.165) is 55.7 Å². The van der Waals surface area contributed by atoms with Crippen LogP contribution in [-0.2, 0) is 9.59 Å². The summed E-state index contributed by atoms with van der Waals surface area (Å²) in [5.74, 6) is 3.50. The van der Waals surface area contributed by atoms with E-state index in [9.17, 15) is 9.59 Å². The predicted octanol–water partition coefficient (Wildman–Crippen LogP) is 3.58. The topological polar surface area (TPSA) is 91.6 Å². The van der Waals surface area contributed by atoms with E-state index in [-0.39, 0.29) is 29.8 Å². The van der Waals surface area contributed by atoms with E-state index in [4.69, 9.17) is 4.52 Å². The van der Waals surface area contributed by atoms with E-state index in [1.165, 1.54) is 24.8 Å². The number of aromatic nitrogens is 2. The minimum Gasteiger partial charge on any atom is -0.347 e. The van der Waals surface area contributed by atoms with Crippen LogP contribution in [0.1, 0.15) is 62.9 Å². The molecule has 2 aromatic rings. The van der Waals surface area contributed by atoms with Crippen molar-refractivity contribution in [3.63, 3.8) is 0 Å². The molecule has 4 saturated carbocycles. The molecule has 2 heterocycles. The third-order valence-corrected chi connectivity index (χ3v) is 9.24. The van der Waals surface area contributed by atoms with Crippen LogP contribution in [0.3, 0.4) is 0 Å². The fourth-order valence-electron chi connectivity index (χ4n) is 7.58. The molecule has 36 heavy (non-hydrogen) atoms. The molecule has 2 amide bonds. The van der Waals surface area contributed by atoms with Gasteiger partial charge in [-0.25, -0.2) is 0 Å². The normalized spacial score (nSPS) is 30.4. The first-order chi connectivity index (χ1) is 17.4. The molecule has 1 atom stereocenters. The number of hydrogen-bond donors (Lipinski definition) is 1. The van der Waals surface area contributed by atoms with Gasteiger partial charge in [0.05, 0.1) is 12.6 Å². The quantitative estimate of drug-likeness (QED) is 0.664. The van der Waals surface area contributed by atoms with E-state index in [2.05, 4.69) is 34.2 Å². The Kier molecular flexibility index (Phi) is 6.10. The molecular formula is C28H37N5O3. The Morgan fingerprint density at radius 3 is 2.25 bits per heavy atom. The molecule has 1 aromatic heterocycles. The zero-order valence-corrected chi connectivity index (χ0v) is 21.4. The highest BCUT2D eigenvalue weighted by molar-refractivity contribution is 5.88. The summed E-state index contributed by atoms with van der Waals surface area (Å²) in [6.45, 7) is 6.96. The number of nitrogens with one attached hydrogen (secondary N) is 1. The Bertz CT molecular complexity index is 1080. The second-order valence-corrected chi connectivity index (χ2v) is 11.8. The molecule has 1 unspecified atom stereocenters. The number of carbonyl (C=O) groups is 2. The van der Waals surface area contributed by atoms with Gasteiger partial charge in [0.15, 0.2) is 0 Å². The molecular weight excluding hydrogens is 454 g/mol. The molecule has 5 aliphatic rings. The van der Waals surface area contributed by atoms with Crippen LogP contribution in [0.2, 0.25) is 0 Å². The Balaban J connectivity index is 0.992. The third kappa shape index (κ3) is 4.44. The van der Waals surface area contributed by atoms with Gasteiger partial charge in [-0.3, -0.25) is 14.5 Å². The lowest BCUT2D eigenvalue weighted by Crippen LogP contribution is -2.56. The summed E-state index contributed by atoms with van der Waals surface area (Å²) in [6.07, 6.45) is 7.01.